The number of thioether (sulfide) groups is 1. The first-order valence-corrected chi connectivity index (χ1v) is 20.5. The van der Waals surface area contributed by atoms with Crippen LogP contribution in [0.25, 0.3) is 0 Å². The minimum atomic E-state index is -1.49. The number of ether oxygens (including phenoxy) is 4. The number of hydrogen-bond acceptors (Lipinski definition) is 17. The van der Waals surface area contributed by atoms with Crippen LogP contribution in [0.15, 0.2) is 0 Å². The molecule has 0 bridgehead atoms. The summed E-state index contributed by atoms with van der Waals surface area (Å²) in [5.74, 6) is 0.699. The van der Waals surface area contributed by atoms with Crippen LogP contribution in [-0.2, 0) is 28.5 Å². The van der Waals surface area contributed by atoms with Crippen molar-refractivity contribution in [1.82, 2.24) is 21.3 Å². The molecule has 5 rings (SSSR count). The average molecular weight is 807 g/mol. The van der Waals surface area contributed by atoms with Crippen LogP contribution in [0.1, 0.15) is 64.2 Å². The summed E-state index contributed by atoms with van der Waals surface area (Å²) in [6.45, 7) is -0.0740. The molecule has 4 amide bonds. The fraction of sp³-hybridized carbons (Fsp3) is 0.912. The number of nitrogens with one attached hydrogen (secondary N) is 4. The third kappa shape index (κ3) is 11.6. The van der Waals surface area contributed by atoms with Gasteiger partial charge in [-0.3, -0.25) is 9.59 Å². The lowest BCUT2D eigenvalue weighted by Gasteiger charge is -2.47. The summed E-state index contributed by atoms with van der Waals surface area (Å²) in [5, 5.41) is 64.3. The molecule has 0 radical (unpaired) electrons. The fourth-order valence-electron chi connectivity index (χ4n) is 7.88. The summed E-state index contributed by atoms with van der Waals surface area (Å²) in [4.78, 5) is 36.4. The summed E-state index contributed by atoms with van der Waals surface area (Å²) < 4.78 is 23.4. The summed E-state index contributed by atoms with van der Waals surface area (Å²) in [6.07, 6.45) is -6.42. The van der Waals surface area contributed by atoms with Crippen LogP contribution in [-0.4, -0.2) is 172 Å². The minimum Gasteiger partial charge on any atom is -0.394 e. The predicted molar refractivity (Wildman–Crippen MR) is 198 cm³/mol. The molecule has 17 atom stereocenters. The van der Waals surface area contributed by atoms with Crippen LogP contribution < -0.4 is 44.2 Å². The Hall–Kier alpha value is -1.96. The van der Waals surface area contributed by atoms with E-state index < -0.39 is 92.2 Å². The lowest BCUT2D eigenvalue weighted by Crippen LogP contribution is -2.68. The van der Waals surface area contributed by atoms with Crippen molar-refractivity contribution in [1.29, 1.82) is 0 Å². The molecule has 0 aromatic rings. The summed E-state index contributed by atoms with van der Waals surface area (Å²) in [5.41, 5.74) is 24.7. The van der Waals surface area contributed by atoms with Gasteiger partial charge in [0.25, 0.3) is 0 Å². The van der Waals surface area contributed by atoms with E-state index in [4.69, 9.17) is 41.9 Å². The van der Waals surface area contributed by atoms with Crippen molar-refractivity contribution in [3.8, 4) is 0 Å². The SMILES string of the molecule is N[C@@H]1[C@H](O)[C@@H](O[C@H]2[C@@H](O)[C@H](O[C@H]3O[C@@H](CNC(=O)CCCCCNC(=O)CCCC[C@@H]4SC[C@@H]5NC(=O)N[C@@H]54)[C@@H](O)C[C@H]3N)[C@H](N)C[C@H]2N)O[C@@H](CO)[C@H]1O. The maximum atomic E-state index is 12.6. The second kappa shape index (κ2) is 20.6. The van der Waals surface area contributed by atoms with Crippen LogP contribution >= 0.6 is 11.8 Å². The van der Waals surface area contributed by atoms with E-state index in [1.807, 2.05) is 11.8 Å². The number of nitrogens with two attached hydrogens (primary N) is 4. The first-order valence-electron chi connectivity index (χ1n) is 19.5. The van der Waals surface area contributed by atoms with Crippen molar-refractivity contribution in [3.63, 3.8) is 0 Å². The first-order chi connectivity index (χ1) is 26.3. The zero-order chi connectivity index (χ0) is 39.8. The molecule has 0 spiro atoms. The summed E-state index contributed by atoms with van der Waals surface area (Å²) in [6, 6.07) is -3.30. The molecule has 0 aromatic heterocycles. The number of aliphatic hydroxyl groups excluding tert-OH is 5. The van der Waals surface area contributed by atoms with Gasteiger partial charge in [0.1, 0.15) is 42.7 Å². The van der Waals surface area contributed by atoms with Gasteiger partial charge in [-0.25, -0.2) is 4.79 Å². The highest BCUT2D eigenvalue weighted by Gasteiger charge is 2.50. The highest BCUT2D eigenvalue weighted by molar-refractivity contribution is 8.00. The van der Waals surface area contributed by atoms with Crippen molar-refractivity contribution < 1.29 is 58.9 Å². The molecule has 4 saturated heterocycles. The summed E-state index contributed by atoms with van der Waals surface area (Å²) >= 11 is 1.87. The summed E-state index contributed by atoms with van der Waals surface area (Å²) in [7, 11) is 0. The van der Waals surface area contributed by atoms with E-state index in [1.54, 1.807) is 0 Å². The molecule has 5 aliphatic rings. The number of rotatable bonds is 18. The van der Waals surface area contributed by atoms with Gasteiger partial charge in [0, 0.05) is 49.0 Å². The highest BCUT2D eigenvalue weighted by Crippen LogP contribution is 2.34. The van der Waals surface area contributed by atoms with Crippen LogP contribution in [0.5, 0.6) is 0 Å². The van der Waals surface area contributed by atoms with Crippen molar-refractivity contribution >= 4 is 29.6 Å². The normalized spacial score (nSPS) is 41.6. The van der Waals surface area contributed by atoms with Gasteiger partial charge in [-0.2, -0.15) is 11.8 Å². The molecule has 4 aliphatic heterocycles. The predicted octanol–water partition coefficient (Wildman–Crippen LogP) is -4.74. The van der Waals surface area contributed by atoms with Crippen molar-refractivity contribution in [2.45, 2.75) is 167 Å². The Labute approximate surface area is 324 Å². The Morgan fingerprint density at radius 2 is 1.44 bits per heavy atom. The Kier molecular flexibility index (Phi) is 16.6. The van der Waals surface area contributed by atoms with Gasteiger partial charge in [0.15, 0.2) is 12.6 Å². The van der Waals surface area contributed by atoms with E-state index in [0.29, 0.717) is 24.6 Å². The Bertz CT molecular complexity index is 1260. The van der Waals surface area contributed by atoms with E-state index in [9.17, 15) is 39.9 Å². The van der Waals surface area contributed by atoms with Gasteiger partial charge >= 0.3 is 6.03 Å². The quantitative estimate of drug-likeness (QED) is 0.0457. The lowest BCUT2D eigenvalue weighted by atomic mass is 9.84. The average Bonchev–Trinajstić information content (AvgIpc) is 3.70. The Morgan fingerprint density at radius 1 is 0.782 bits per heavy atom. The zero-order valence-electron chi connectivity index (χ0n) is 31.0. The molecule has 0 aromatic carbocycles. The van der Waals surface area contributed by atoms with Gasteiger partial charge in [-0.1, -0.05) is 12.8 Å². The molecule has 4 heterocycles. The molecule has 17 N–H and O–H groups in total. The fourth-order valence-corrected chi connectivity index (χ4v) is 9.42. The topological polar surface area (TPSA) is 341 Å². The van der Waals surface area contributed by atoms with Crippen LogP contribution in [0.2, 0.25) is 0 Å². The number of amides is 4. The second-order valence-electron chi connectivity index (χ2n) is 15.4. The minimum absolute atomic E-state index is 0.00724. The Balaban J connectivity index is 0.963. The molecule has 55 heavy (non-hydrogen) atoms. The molecular weight excluding hydrogens is 744 g/mol. The number of hydrogen-bond donors (Lipinski definition) is 13. The number of fused-ring (bicyclic) bond motifs is 1. The number of aliphatic hydroxyl groups is 5. The number of urea groups is 1. The first kappa shape index (κ1) is 44.1. The molecule has 20 nitrogen and oxygen atoms in total. The van der Waals surface area contributed by atoms with Crippen LogP contribution in [0, 0.1) is 0 Å². The molecule has 21 heteroatoms. The lowest BCUT2D eigenvalue weighted by molar-refractivity contribution is -0.315. The molecule has 0 unspecified atom stereocenters. The third-order valence-electron chi connectivity index (χ3n) is 11.2. The standard InChI is InChI=1S/C34H62N8O12S/c35-15-10-16(36)31(54-33-28(48)25(38)27(47)21(13-43)52-33)29(49)30(15)53-32-17(37)11-19(44)20(51-32)12-40-24(46)7-2-1-5-9-39-23(45)8-4-3-6-22-26-18(14-55-22)41-34(50)42-26/h15-22,25-33,43-44,47-49H,1-14,35-38H2,(H,39,45)(H,40,46)(H2,41,42,50)/t15-,16-,17-,18+,19+,20+,21+,22+,25+,26+,27-,28+,29+,30-,31-,32-,33-/m1/s1. The monoisotopic (exact) mass is 806 g/mol. The van der Waals surface area contributed by atoms with Crippen molar-refractivity contribution in [2.75, 3.05) is 25.4 Å². The zero-order valence-corrected chi connectivity index (χ0v) is 31.8. The van der Waals surface area contributed by atoms with Gasteiger partial charge in [0.05, 0.1) is 36.9 Å². The van der Waals surface area contributed by atoms with Crippen molar-refractivity contribution in [2.24, 2.45) is 22.9 Å². The second-order valence-corrected chi connectivity index (χ2v) is 16.7. The van der Waals surface area contributed by atoms with E-state index >= 15 is 0 Å². The molecular formula is C34H62N8O12S. The van der Waals surface area contributed by atoms with E-state index in [1.165, 1.54) is 0 Å². The number of carbonyl (C=O) groups excluding carboxylic acids is 3. The molecule has 1 saturated carbocycles. The van der Waals surface area contributed by atoms with Gasteiger partial charge in [-0.15, -0.1) is 0 Å². The maximum absolute atomic E-state index is 12.6. The third-order valence-corrected chi connectivity index (χ3v) is 12.7. The number of carbonyl (C=O) groups is 3. The highest BCUT2D eigenvalue weighted by atomic mass is 32.2. The smallest absolute Gasteiger partial charge is 0.315 e. The van der Waals surface area contributed by atoms with E-state index in [-0.39, 0.29) is 55.7 Å². The maximum Gasteiger partial charge on any atom is 0.315 e. The Morgan fingerprint density at radius 3 is 2.15 bits per heavy atom. The van der Waals surface area contributed by atoms with Gasteiger partial charge < -0.3 is 88.7 Å². The van der Waals surface area contributed by atoms with Gasteiger partial charge in [0.2, 0.25) is 11.8 Å². The molecule has 1 aliphatic carbocycles. The van der Waals surface area contributed by atoms with E-state index in [0.717, 1.165) is 37.9 Å². The largest absolute Gasteiger partial charge is 0.394 e. The van der Waals surface area contributed by atoms with Crippen LogP contribution in [0.4, 0.5) is 4.79 Å². The van der Waals surface area contributed by atoms with E-state index in [2.05, 4.69) is 21.3 Å². The molecule has 5 fully saturated rings. The van der Waals surface area contributed by atoms with Crippen LogP contribution in [0.3, 0.4) is 0 Å². The van der Waals surface area contributed by atoms with Gasteiger partial charge in [-0.05, 0) is 38.5 Å². The van der Waals surface area contributed by atoms with Crippen molar-refractivity contribution in [3.05, 3.63) is 0 Å². The number of unbranched alkanes of at least 4 members (excludes halogenated alkanes) is 3. The molecule has 316 valence electrons.